The van der Waals surface area contributed by atoms with Gasteiger partial charge in [-0.2, -0.15) is 13.2 Å². The van der Waals surface area contributed by atoms with Crippen LogP contribution in [0.25, 0.3) is 6.08 Å². The van der Waals surface area contributed by atoms with E-state index in [1.807, 2.05) is 18.2 Å². The molecule has 1 saturated heterocycles. The third-order valence-corrected chi connectivity index (χ3v) is 5.23. The summed E-state index contributed by atoms with van der Waals surface area (Å²) in [6.07, 6.45) is -2.68. The van der Waals surface area contributed by atoms with Gasteiger partial charge in [-0.1, -0.05) is 42.5 Å². The number of nitrogens with zero attached hydrogens (tertiary/aromatic N) is 3. The fourth-order valence-electron chi connectivity index (χ4n) is 3.46. The average molecular weight is 508 g/mol. The number of benzene rings is 1. The lowest BCUT2D eigenvalue weighted by molar-refractivity contribution is -0.137. The second-order valence-corrected chi connectivity index (χ2v) is 9.22. The first-order chi connectivity index (χ1) is 16.8. The molecule has 1 aromatic carbocycles. The Bertz CT molecular complexity index is 1100. The molecule has 2 heterocycles. The quantitative estimate of drug-likeness (QED) is 0.621. The molecule has 2 amide bonds. The van der Waals surface area contributed by atoms with Crippen molar-refractivity contribution in [2.75, 3.05) is 19.6 Å². The van der Waals surface area contributed by atoms with Crippen LogP contribution in [0.5, 0.6) is 5.88 Å². The third kappa shape index (κ3) is 7.37. The zero-order valence-corrected chi connectivity index (χ0v) is 20.2. The maximum absolute atomic E-state index is 13.1. The molecule has 0 saturated carbocycles. The number of amides is 2. The van der Waals surface area contributed by atoms with Crippen molar-refractivity contribution in [3.8, 4) is 5.88 Å². The fraction of sp³-hybridized carbons (Fsp3) is 0.400. The number of alkyl halides is 3. The zero-order chi connectivity index (χ0) is 26.5. The van der Waals surface area contributed by atoms with Crippen molar-refractivity contribution in [3.05, 3.63) is 65.4 Å². The van der Waals surface area contributed by atoms with E-state index in [0.717, 1.165) is 11.6 Å². The summed E-state index contributed by atoms with van der Waals surface area (Å²) in [5, 5.41) is 9.96. The highest BCUT2D eigenvalue weighted by molar-refractivity contribution is 5.72. The Balaban J connectivity index is 1.82. The molecule has 1 aliphatic heterocycles. The molecule has 0 spiro atoms. The van der Waals surface area contributed by atoms with E-state index in [2.05, 4.69) is 4.98 Å². The Kier molecular flexibility index (Phi) is 8.11. The van der Waals surface area contributed by atoms with Gasteiger partial charge in [0.15, 0.2) is 0 Å². The van der Waals surface area contributed by atoms with E-state index < -0.39 is 41.4 Å². The summed E-state index contributed by atoms with van der Waals surface area (Å²) in [6, 6.07) is 9.05. The van der Waals surface area contributed by atoms with E-state index in [-0.39, 0.29) is 31.8 Å². The molecule has 2 aromatic rings. The number of aromatic hydroxyl groups is 1. The standard InChI is InChI=1S/C25H28F3N3O5/c1-24(2,3)36-22(33)30-11-12-31(23(34)35-16-17-7-5-4-6-8-17)20(15-30)10-9-18-13-19(25(26,27)28)14-29-21(18)32/h4-10,13-14,20H,11-12,15-16H2,1-3H3,(H,29,32). The fourth-order valence-corrected chi connectivity index (χ4v) is 3.46. The van der Waals surface area contributed by atoms with Gasteiger partial charge in [0.2, 0.25) is 5.88 Å². The maximum Gasteiger partial charge on any atom is 0.417 e. The smallest absolute Gasteiger partial charge is 0.417 e. The van der Waals surface area contributed by atoms with Crippen LogP contribution in [0.4, 0.5) is 22.8 Å². The van der Waals surface area contributed by atoms with Gasteiger partial charge in [0, 0.05) is 31.4 Å². The molecular formula is C25H28F3N3O5. The summed E-state index contributed by atoms with van der Waals surface area (Å²) in [6.45, 7) is 5.50. The van der Waals surface area contributed by atoms with Crippen LogP contribution in [0, 0.1) is 0 Å². The SMILES string of the molecule is CC(C)(C)OC(=O)N1CCN(C(=O)OCc2ccccc2)C(C=Cc2cc(C(F)(F)F)cnc2O)C1. The number of piperazine rings is 1. The van der Waals surface area contributed by atoms with Crippen LogP contribution in [-0.4, -0.2) is 63.4 Å². The molecule has 1 atom stereocenters. The Morgan fingerprint density at radius 1 is 1.14 bits per heavy atom. The molecular weight excluding hydrogens is 479 g/mol. The van der Waals surface area contributed by atoms with Gasteiger partial charge in [0.05, 0.1) is 11.6 Å². The lowest BCUT2D eigenvalue weighted by Gasteiger charge is -2.39. The van der Waals surface area contributed by atoms with E-state index in [0.29, 0.717) is 6.20 Å². The lowest BCUT2D eigenvalue weighted by Crippen LogP contribution is -2.56. The van der Waals surface area contributed by atoms with Crippen molar-refractivity contribution in [1.82, 2.24) is 14.8 Å². The van der Waals surface area contributed by atoms with Gasteiger partial charge >= 0.3 is 18.4 Å². The van der Waals surface area contributed by atoms with Crippen LogP contribution in [0.2, 0.25) is 0 Å². The van der Waals surface area contributed by atoms with Crippen molar-refractivity contribution in [2.45, 2.75) is 45.2 Å². The maximum atomic E-state index is 13.1. The molecule has 36 heavy (non-hydrogen) atoms. The molecule has 194 valence electrons. The third-order valence-electron chi connectivity index (χ3n) is 5.23. The summed E-state index contributed by atoms with van der Waals surface area (Å²) < 4.78 is 50.1. The Labute approximate surface area is 206 Å². The van der Waals surface area contributed by atoms with Crippen molar-refractivity contribution in [2.24, 2.45) is 0 Å². The van der Waals surface area contributed by atoms with Crippen molar-refractivity contribution < 1.29 is 37.3 Å². The van der Waals surface area contributed by atoms with Gasteiger partial charge in [-0.3, -0.25) is 4.90 Å². The van der Waals surface area contributed by atoms with Gasteiger partial charge in [0.1, 0.15) is 12.2 Å². The highest BCUT2D eigenvalue weighted by Gasteiger charge is 2.35. The van der Waals surface area contributed by atoms with Crippen LogP contribution in [0.3, 0.4) is 0 Å². The number of pyridine rings is 1. The molecule has 0 radical (unpaired) electrons. The molecule has 1 unspecified atom stereocenters. The summed E-state index contributed by atoms with van der Waals surface area (Å²) in [5.41, 5.74) is -1.16. The number of hydrogen-bond acceptors (Lipinski definition) is 6. The van der Waals surface area contributed by atoms with Crippen LogP contribution >= 0.6 is 0 Å². The highest BCUT2D eigenvalue weighted by Crippen LogP contribution is 2.31. The summed E-state index contributed by atoms with van der Waals surface area (Å²) in [4.78, 5) is 31.7. The molecule has 1 N–H and O–H groups in total. The lowest BCUT2D eigenvalue weighted by atomic mass is 10.1. The van der Waals surface area contributed by atoms with Crippen LogP contribution < -0.4 is 0 Å². The zero-order valence-electron chi connectivity index (χ0n) is 20.2. The first-order valence-corrected chi connectivity index (χ1v) is 11.2. The molecule has 0 bridgehead atoms. The normalized spacial score (nSPS) is 16.8. The van der Waals surface area contributed by atoms with E-state index in [1.165, 1.54) is 22.0 Å². The van der Waals surface area contributed by atoms with Gasteiger partial charge in [0.25, 0.3) is 0 Å². The van der Waals surface area contributed by atoms with Gasteiger partial charge in [-0.25, -0.2) is 14.6 Å². The second-order valence-electron chi connectivity index (χ2n) is 9.22. The Hall–Kier alpha value is -3.76. The van der Waals surface area contributed by atoms with Gasteiger partial charge in [-0.15, -0.1) is 0 Å². The van der Waals surface area contributed by atoms with Crippen LogP contribution in [0.1, 0.15) is 37.5 Å². The molecule has 1 fully saturated rings. The predicted molar refractivity (Wildman–Crippen MR) is 125 cm³/mol. The van der Waals surface area contributed by atoms with Crippen molar-refractivity contribution in [3.63, 3.8) is 0 Å². The minimum absolute atomic E-state index is 0.0129. The monoisotopic (exact) mass is 507 g/mol. The highest BCUT2D eigenvalue weighted by atomic mass is 19.4. The number of halogens is 3. The van der Waals surface area contributed by atoms with E-state index in [9.17, 15) is 27.9 Å². The number of carbonyl (C=O) groups excluding carboxylic acids is 2. The largest absolute Gasteiger partial charge is 0.493 e. The summed E-state index contributed by atoms with van der Waals surface area (Å²) in [5.74, 6) is -0.600. The molecule has 3 rings (SSSR count). The van der Waals surface area contributed by atoms with E-state index in [4.69, 9.17) is 9.47 Å². The Morgan fingerprint density at radius 3 is 2.47 bits per heavy atom. The molecule has 11 heteroatoms. The van der Waals surface area contributed by atoms with Crippen LogP contribution in [-0.2, 0) is 22.3 Å². The first-order valence-electron chi connectivity index (χ1n) is 11.2. The Morgan fingerprint density at radius 2 is 1.83 bits per heavy atom. The predicted octanol–water partition coefficient (Wildman–Crippen LogP) is 5.08. The number of carbonyl (C=O) groups is 2. The minimum atomic E-state index is -4.64. The topological polar surface area (TPSA) is 92.2 Å². The molecule has 1 aliphatic rings. The number of rotatable bonds is 4. The minimum Gasteiger partial charge on any atom is -0.493 e. The number of ether oxygens (including phenoxy) is 2. The number of hydrogen-bond donors (Lipinski definition) is 1. The summed E-state index contributed by atoms with van der Waals surface area (Å²) >= 11 is 0. The molecule has 1 aromatic heterocycles. The second kappa shape index (κ2) is 10.9. The van der Waals surface area contributed by atoms with E-state index >= 15 is 0 Å². The van der Waals surface area contributed by atoms with Crippen LogP contribution in [0.15, 0.2) is 48.7 Å². The summed E-state index contributed by atoms with van der Waals surface area (Å²) in [7, 11) is 0. The van der Waals surface area contributed by atoms with Gasteiger partial charge < -0.3 is 19.5 Å². The first kappa shape index (κ1) is 26.8. The van der Waals surface area contributed by atoms with Crippen molar-refractivity contribution >= 4 is 18.3 Å². The average Bonchev–Trinajstić information content (AvgIpc) is 2.80. The van der Waals surface area contributed by atoms with E-state index in [1.54, 1.807) is 32.9 Å². The molecule has 0 aliphatic carbocycles. The number of aromatic nitrogens is 1. The molecule has 8 nitrogen and oxygen atoms in total. The van der Waals surface area contributed by atoms with Gasteiger partial charge in [-0.05, 0) is 32.4 Å². The van der Waals surface area contributed by atoms with Crippen molar-refractivity contribution in [1.29, 1.82) is 0 Å².